The van der Waals surface area contributed by atoms with Crippen LogP contribution in [0.4, 0.5) is 5.82 Å². The molecule has 0 radical (unpaired) electrons. The molecule has 0 N–H and O–H groups in total. The zero-order valence-electron chi connectivity index (χ0n) is 19.6. The van der Waals surface area contributed by atoms with E-state index >= 15 is 0 Å². The Hall–Kier alpha value is -1.47. The van der Waals surface area contributed by atoms with Gasteiger partial charge < -0.3 is 9.64 Å². The van der Waals surface area contributed by atoms with Crippen molar-refractivity contribution in [1.29, 1.82) is 0 Å². The summed E-state index contributed by atoms with van der Waals surface area (Å²) < 4.78 is 30.0. The number of Topliss-reactive ketones (excluding diaryl/α,β-unsaturated/α-hetero) is 1. The zero-order valence-corrected chi connectivity index (χ0v) is 20.5. The van der Waals surface area contributed by atoms with E-state index in [-0.39, 0.29) is 35.6 Å². The molecule has 6 nitrogen and oxygen atoms in total. The second-order valence-corrected chi connectivity index (χ2v) is 13.2. The van der Waals surface area contributed by atoms with Gasteiger partial charge in [0.05, 0.1) is 22.7 Å². The maximum Gasteiger partial charge on any atom is 0.155 e. The minimum absolute atomic E-state index is 0.0363. The molecule has 2 fully saturated rings. The van der Waals surface area contributed by atoms with Crippen molar-refractivity contribution in [2.75, 3.05) is 23.7 Å². The first-order chi connectivity index (χ1) is 14.4. The molecular formula is C24H38N2O4S. The third-order valence-electron chi connectivity index (χ3n) is 6.62. The Labute approximate surface area is 187 Å². The molecule has 2 heterocycles. The lowest BCUT2D eigenvalue weighted by Crippen LogP contribution is -2.45. The number of carbonyl (C=O) groups excluding carboxylic acids is 1. The molecule has 0 amide bonds. The second-order valence-electron chi connectivity index (χ2n) is 10.4. The lowest BCUT2D eigenvalue weighted by atomic mass is 9.79. The fourth-order valence-corrected chi connectivity index (χ4v) is 6.08. The van der Waals surface area contributed by atoms with E-state index in [1.54, 1.807) is 20.8 Å². The number of ether oxygens (including phenoxy) is 1. The standard InChI is InChI=1S/C24H38N2O4S/c1-17-14-26(15-18(2)30-17)23-11-8-20(13-25-23)12-22(27)21-9-6-19(7-10-21)16-31(28,29)24(3,4)5/h8,11,13,17-19,21H,6-7,9-10,12,14-16H2,1-5H3/t17-,18+,19?,21?. The van der Waals surface area contributed by atoms with Gasteiger partial charge in [0.15, 0.2) is 9.84 Å². The molecule has 1 aliphatic carbocycles. The minimum atomic E-state index is -3.11. The summed E-state index contributed by atoms with van der Waals surface area (Å²) in [6.45, 7) is 11.1. The van der Waals surface area contributed by atoms with E-state index in [1.807, 2.05) is 18.3 Å². The predicted octanol–water partition coefficient (Wildman–Crippen LogP) is 3.83. The summed E-state index contributed by atoms with van der Waals surface area (Å²) in [4.78, 5) is 19.6. The minimum Gasteiger partial charge on any atom is -0.372 e. The molecule has 7 heteroatoms. The normalized spacial score (nSPS) is 27.8. The van der Waals surface area contributed by atoms with Gasteiger partial charge in [0.25, 0.3) is 0 Å². The van der Waals surface area contributed by atoms with Crippen molar-refractivity contribution < 1.29 is 17.9 Å². The van der Waals surface area contributed by atoms with Crippen LogP contribution in [0.2, 0.25) is 0 Å². The zero-order chi connectivity index (χ0) is 22.8. The van der Waals surface area contributed by atoms with Crippen molar-refractivity contribution in [2.45, 2.75) is 83.7 Å². The molecule has 3 rings (SSSR count). The Kier molecular flexibility index (Phi) is 7.47. The van der Waals surface area contributed by atoms with Crippen LogP contribution in [-0.4, -0.2) is 55.0 Å². The monoisotopic (exact) mass is 450 g/mol. The molecule has 2 atom stereocenters. The van der Waals surface area contributed by atoms with Crippen LogP contribution in [0.25, 0.3) is 0 Å². The number of ketones is 1. The number of carbonyl (C=O) groups is 1. The lowest BCUT2D eigenvalue weighted by molar-refractivity contribution is -0.123. The van der Waals surface area contributed by atoms with Crippen molar-refractivity contribution in [3.05, 3.63) is 23.9 Å². The van der Waals surface area contributed by atoms with E-state index in [0.717, 1.165) is 50.2 Å². The van der Waals surface area contributed by atoms with Crippen LogP contribution < -0.4 is 4.90 Å². The molecule has 1 aromatic heterocycles. The molecule has 1 saturated carbocycles. The summed E-state index contributed by atoms with van der Waals surface area (Å²) >= 11 is 0. The third-order valence-corrected chi connectivity index (χ3v) is 9.40. The van der Waals surface area contributed by atoms with E-state index < -0.39 is 14.6 Å². The molecule has 0 bridgehead atoms. The summed E-state index contributed by atoms with van der Waals surface area (Å²) in [5, 5.41) is 0. The largest absolute Gasteiger partial charge is 0.372 e. The Balaban J connectivity index is 1.50. The number of hydrogen-bond donors (Lipinski definition) is 0. The Bertz CT molecular complexity index is 843. The van der Waals surface area contributed by atoms with E-state index in [1.165, 1.54) is 0 Å². The van der Waals surface area contributed by atoms with Gasteiger partial charge in [-0.25, -0.2) is 13.4 Å². The van der Waals surface area contributed by atoms with Crippen molar-refractivity contribution in [3.63, 3.8) is 0 Å². The van der Waals surface area contributed by atoms with E-state index in [0.29, 0.717) is 6.42 Å². The molecule has 31 heavy (non-hydrogen) atoms. The number of sulfone groups is 1. The molecule has 0 unspecified atom stereocenters. The fourth-order valence-electron chi connectivity index (χ4n) is 4.63. The van der Waals surface area contributed by atoms with Crippen LogP contribution in [0, 0.1) is 11.8 Å². The lowest BCUT2D eigenvalue weighted by Gasteiger charge is -2.36. The van der Waals surface area contributed by atoms with E-state index in [9.17, 15) is 13.2 Å². The average molecular weight is 451 g/mol. The summed E-state index contributed by atoms with van der Waals surface area (Å²) in [6, 6.07) is 4.01. The number of morpholine rings is 1. The van der Waals surface area contributed by atoms with Gasteiger partial charge in [-0.3, -0.25) is 4.79 Å². The molecule has 0 spiro atoms. The van der Waals surface area contributed by atoms with Crippen LogP contribution >= 0.6 is 0 Å². The first-order valence-corrected chi connectivity index (χ1v) is 13.2. The van der Waals surface area contributed by atoms with Crippen LogP contribution in [0.3, 0.4) is 0 Å². The first-order valence-electron chi connectivity index (χ1n) is 11.5. The topological polar surface area (TPSA) is 76.6 Å². The molecule has 1 aromatic rings. The number of anilines is 1. The second kappa shape index (κ2) is 9.57. The number of aromatic nitrogens is 1. The highest BCUT2D eigenvalue weighted by atomic mass is 32.2. The highest BCUT2D eigenvalue weighted by Crippen LogP contribution is 2.33. The maximum absolute atomic E-state index is 12.8. The van der Waals surface area contributed by atoms with Crippen LogP contribution in [0.5, 0.6) is 0 Å². The van der Waals surface area contributed by atoms with E-state index in [4.69, 9.17) is 4.74 Å². The van der Waals surface area contributed by atoms with Crippen molar-refractivity contribution in [3.8, 4) is 0 Å². The van der Waals surface area contributed by atoms with Gasteiger partial charge in [-0.2, -0.15) is 0 Å². The average Bonchev–Trinajstić information content (AvgIpc) is 2.67. The van der Waals surface area contributed by atoms with Gasteiger partial charge in [-0.15, -0.1) is 0 Å². The molecule has 0 aromatic carbocycles. The van der Waals surface area contributed by atoms with Gasteiger partial charge in [-0.05, 0) is 77.8 Å². The summed E-state index contributed by atoms with van der Waals surface area (Å²) in [5.41, 5.74) is 0.945. The van der Waals surface area contributed by atoms with Crippen LogP contribution in [-0.2, 0) is 25.8 Å². The van der Waals surface area contributed by atoms with Gasteiger partial charge in [0, 0.05) is 31.6 Å². The Morgan fingerprint density at radius 1 is 1.10 bits per heavy atom. The predicted molar refractivity (Wildman–Crippen MR) is 124 cm³/mol. The summed E-state index contributed by atoms with van der Waals surface area (Å²) in [5.74, 6) is 1.63. The molecule has 2 aliphatic rings. The van der Waals surface area contributed by atoms with Crippen LogP contribution in [0.15, 0.2) is 18.3 Å². The molecule has 174 valence electrons. The summed E-state index contributed by atoms with van der Waals surface area (Å²) in [7, 11) is -3.11. The van der Waals surface area contributed by atoms with Gasteiger partial charge in [-0.1, -0.05) is 6.07 Å². The van der Waals surface area contributed by atoms with E-state index in [2.05, 4.69) is 23.7 Å². The smallest absolute Gasteiger partial charge is 0.155 e. The highest BCUT2D eigenvalue weighted by molar-refractivity contribution is 7.92. The SMILES string of the molecule is C[C@@H]1CN(c2ccc(CC(=O)C3CCC(CS(=O)(=O)C(C)(C)C)CC3)cn2)C[C@H](C)O1. The summed E-state index contributed by atoms with van der Waals surface area (Å²) in [6.07, 6.45) is 5.79. The quantitative estimate of drug-likeness (QED) is 0.656. The van der Waals surface area contributed by atoms with Crippen molar-refractivity contribution >= 4 is 21.4 Å². The number of pyridine rings is 1. The number of hydrogen-bond acceptors (Lipinski definition) is 6. The Morgan fingerprint density at radius 3 is 2.23 bits per heavy atom. The molecule has 1 aliphatic heterocycles. The third kappa shape index (κ3) is 6.28. The van der Waals surface area contributed by atoms with Gasteiger partial charge >= 0.3 is 0 Å². The number of nitrogens with zero attached hydrogens (tertiary/aromatic N) is 2. The van der Waals surface area contributed by atoms with Gasteiger partial charge in [0.1, 0.15) is 11.6 Å². The van der Waals surface area contributed by atoms with Crippen molar-refractivity contribution in [1.82, 2.24) is 4.98 Å². The first kappa shape index (κ1) is 24.2. The van der Waals surface area contributed by atoms with Crippen molar-refractivity contribution in [2.24, 2.45) is 11.8 Å². The molecular weight excluding hydrogens is 412 g/mol. The maximum atomic E-state index is 12.8. The fraction of sp³-hybridized carbons (Fsp3) is 0.750. The highest BCUT2D eigenvalue weighted by Gasteiger charge is 2.34. The Morgan fingerprint density at radius 2 is 1.71 bits per heavy atom. The van der Waals surface area contributed by atoms with Gasteiger partial charge in [0.2, 0.25) is 0 Å². The number of rotatable bonds is 6. The molecule has 1 saturated heterocycles. The van der Waals surface area contributed by atoms with Crippen LogP contribution in [0.1, 0.15) is 65.9 Å².